The van der Waals surface area contributed by atoms with Crippen LogP contribution in [0.2, 0.25) is 0 Å². The zero-order valence-electron chi connectivity index (χ0n) is 10.5. The molecule has 3 N–H and O–H groups in total. The Kier molecular flexibility index (Phi) is 3.97. The minimum absolute atomic E-state index is 0.0274. The number of rotatable bonds is 4. The summed E-state index contributed by atoms with van der Waals surface area (Å²) in [6.07, 6.45) is 1.43. The number of pyridine rings is 1. The Bertz CT molecular complexity index is 570. The smallest absolute Gasteiger partial charge is 0.214 e. The van der Waals surface area contributed by atoms with Gasteiger partial charge in [0.2, 0.25) is 5.88 Å². The van der Waals surface area contributed by atoms with Crippen LogP contribution in [-0.4, -0.2) is 16.0 Å². The van der Waals surface area contributed by atoms with E-state index in [1.807, 2.05) is 37.3 Å². The minimum Gasteiger partial charge on any atom is -0.470 e. The molecule has 1 atom stereocenters. The molecule has 2 rings (SSSR count). The van der Waals surface area contributed by atoms with Crippen molar-refractivity contribution in [1.82, 2.24) is 4.98 Å². The summed E-state index contributed by atoms with van der Waals surface area (Å²) in [6.45, 7) is 1.94. The summed E-state index contributed by atoms with van der Waals surface area (Å²) in [7, 11) is 0. The van der Waals surface area contributed by atoms with Crippen molar-refractivity contribution in [2.75, 3.05) is 0 Å². The molecule has 0 aliphatic rings. The largest absolute Gasteiger partial charge is 0.470 e. The first-order valence-electron chi connectivity index (χ1n) is 5.86. The number of ether oxygens (including phenoxy) is 1. The minimum atomic E-state index is -0.128. The topological polar surface area (TPSA) is 80.7 Å². The lowest BCUT2D eigenvalue weighted by Gasteiger charge is -2.14. The predicted octanol–water partition coefficient (Wildman–Crippen LogP) is 2.32. The van der Waals surface area contributed by atoms with E-state index in [9.17, 15) is 0 Å². The quantitative estimate of drug-likeness (QED) is 0.381. The summed E-state index contributed by atoms with van der Waals surface area (Å²) in [5.74, 6) is 0.458. The molecule has 0 spiro atoms. The Balaban J connectivity index is 2.16. The summed E-state index contributed by atoms with van der Waals surface area (Å²) in [4.78, 5) is 4.11. The van der Waals surface area contributed by atoms with Crippen molar-refractivity contribution in [3.8, 4) is 5.88 Å². The van der Waals surface area contributed by atoms with Crippen LogP contribution in [0.25, 0.3) is 0 Å². The predicted molar refractivity (Wildman–Crippen MR) is 72.2 cm³/mol. The van der Waals surface area contributed by atoms with Crippen LogP contribution in [0.5, 0.6) is 5.88 Å². The molecule has 98 valence electrons. The van der Waals surface area contributed by atoms with Crippen molar-refractivity contribution >= 4 is 5.84 Å². The van der Waals surface area contributed by atoms with Crippen LogP contribution in [0.3, 0.4) is 0 Å². The molecule has 5 heteroatoms. The normalized spacial score (nSPS) is 13.0. The van der Waals surface area contributed by atoms with Gasteiger partial charge in [-0.2, -0.15) is 0 Å². The average molecular weight is 257 g/mol. The molecule has 0 saturated heterocycles. The molecule has 0 amide bonds. The van der Waals surface area contributed by atoms with Crippen molar-refractivity contribution in [3.05, 3.63) is 59.8 Å². The van der Waals surface area contributed by atoms with Gasteiger partial charge in [0.1, 0.15) is 6.10 Å². The van der Waals surface area contributed by atoms with E-state index in [0.29, 0.717) is 11.4 Å². The Labute approximate surface area is 111 Å². The van der Waals surface area contributed by atoms with Crippen LogP contribution in [0.15, 0.2) is 53.8 Å². The fraction of sp³-hybridized carbons (Fsp3) is 0.143. The van der Waals surface area contributed by atoms with Crippen LogP contribution in [0, 0.1) is 0 Å². The molecule has 1 aromatic heterocycles. The number of nitrogens with zero attached hydrogens (tertiary/aromatic N) is 2. The van der Waals surface area contributed by atoms with Crippen molar-refractivity contribution in [1.29, 1.82) is 0 Å². The van der Waals surface area contributed by atoms with Crippen molar-refractivity contribution in [2.24, 2.45) is 10.9 Å². The van der Waals surface area contributed by atoms with Crippen LogP contribution in [-0.2, 0) is 0 Å². The van der Waals surface area contributed by atoms with E-state index in [1.54, 1.807) is 18.3 Å². The van der Waals surface area contributed by atoms with Crippen LogP contribution in [0.1, 0.15) is 24.2 Å². The van der Waals surface area contributed by atoms with Gasteiger partial charge in [0, 0.05) is 17.8 Å². The third-order valence-corrected chi connectivity index (χ3v) is 2.70. The van der Waals surface area contributed by atoms with Crippen LogP contribution in [0.4, 0.5) is 0 Å². The Morgan fingerprint density at radius 2 is 2.05 bits per heavy atom. The molecule has 0 bridgehead atoms. The second-order valence-electron chi connectivity index (χ2n) is 4.04. The second-order valence-corrected chi connectivity index (χ2v) is 4.04. The fourth-order valence-corrected chi connectivity index (χ4v) is 1.66. The average Bonchev–Trinajstić information content (AvgIpc) is 2.47. The Morgan fingerprint density at radius 1 is 1.32 bits per heavy atom. The van der Waals surface area contributed by atoms with Gasteiger partial charge in [-0.25, -0.2) is 4.98 Å². The van der Waals surface area contributed by atoms with E-state index in [0.717, 1.165) is 5.56 Å². The highest BCUT2D eigenvalue weighted by Gasteiger charge is 2.09. The summed E-state index contributed by atoms with van der Waals surface area (Å²) in [5.41, 5.74) is 7.14. The number of amidine groups is 1. The molecular weight excluding hydrogens is 242 g/mol. The lowest BCUT2D eigenvalue weighted by Crippen LogP contribution is -2.13. The SMILES string of the molecule is CC(Oc1cc(/C(N)=N/O)ccn1)c1ccccc1. The van der Waals surface area contributed by atoms with Gasteiger partial charge in [-0.15, -0.1) is 0 Å². The molecule has 1 aromatic carbocycles. The van der Waals surface area contributed by atoms with Crippen molar-refractivity contribution in [2.45, 2.75) is 13.0 Å². The maximum Gasteiger partial charge on any atom is 0.214 e. The molecule has 0 aliphatic carbocycles. The van der Waals surface area contributed by atoms with Gasteiger partial charge in [0.25, 0.3) is 0 Å². The molecule has 1 unspecified atom stereocenters. The Morgan fingerprint density at radius 3 is 2.74 bits per heavy atom. The van der Waals surface area contributed by atoms with Gasteiger partial charge in [0.15, 0.2) is 5.84 Å². The molecule has 5 nitrogen and oxygen atoms in total. The molecule has 0 radical (unpaired) electrons. The monoisotopic (exact) mass is 257 g/mol. The highest BCUT2D eigenvalue weighted by molar-refractivity contribution is 5.97. The number of benzene rings is 1. The number of nitrogens with two attached hydrogens (primary N) is 1. The maximum atomic E-state index is 8.64. The summed E-state index contributed by atoms with van der Waals surface area (Å²) < 4.78 is 5.73. The first kappa shape index (κ1) is 12.9. The van der Waals surface area contributed by atoms with Gasteiger partial charge >= 0.3 is 0 Å². The van der Waals surface area contributed by atoms with E-state index in [-0.39, 0.29) is 11.9 Å². The highest BCUT2D eigenvalue weighted by atomic mass is 16.5. The molecule has 0 saturated carbocycles. The van der Waals surface area contributed by atoms with E-state index >= 15 is 0 Å². The first-order valence-corrected chi connectivity index (χ1v) is 5.86. The zero-order valence-corrected chi connectivity index (χ0v) is 10.5. The molecule has 1 heterocycles. The van der Waals surface area contributed by atoms with Gasteiger partial charge in [-0.3, -0.25) is 0 Å². The third-order valence-electron chi connectivity index (χ3n) is 2.70. The van der Waals surface area contributed by atoms with E-state index in [2.05, 4.69) is 10.1 Å². The lowest BCUT2D eigenvalue weighted by molar-refractivity contribution is 0.217. The lowest BCUT2D eigenvalue weighted by atomic mass is 10.1. The standard InChI is InChI=1S/C14H15N3O2/c1-10(11-5-3-2-4-6-11)19-13-9-12(7-8-16-13)14(15)17-18/h2-10,18H,1H3,(H2,15,17). The van der Waals surface area contributed by atoms with E-state index < -0.39 is 0 Å². The van der Waals surface area contributed by atoms with Crippen molar-refractivity contribution in [3.63, 3.8) is 0 Å². The summed E-state index contributed by atoms with van der Waals surface area (Å²) in [5, 5.41) is 11.6. The number of oxime groups is 1. The van der Waals surface area contributed by atoms with E-state index in [1.165, 1.54) is 0 Å². The van der Waals surface area contributed by atoms with Gasteiger partial charge in [0.05, 0.1) is 0 Å². The van der Waals surface area contributed by atoms with Gasteiger partial charge < -0.3 is 15.7 Å². The van der Waals surface area contributed by atoms with Crippen LogP contribution >= 0.6 is 0 Å². The van der Waals surface area contributed by atoms with Gasteiger partial charge in [-0.05, 0) is 18.6 Å². The van der Waals surface area contributed by atoms with E-state index in [4.69, 9.17) is 15.7 Å². The fourth-order valence-electron chi connectivity index (χ4n) is 1.66. The zero-order chi connectivity index (χ0) is 13.7. The number of hydrogen-bond acceptors (Lipinski definition) is 4. The third kappa shape index (κ3) is 3.22. The van der Waals surface area contributed by atoms with Gasteiger partial charge in [-0.1, -0.05) is 35.5 Å². The molecule has 0 fully saturated rings. The van der Waals surface area contributed by atoms with Crippen molar-refractivity contribution < 1.29 is 9.94 Å². The summed E-state index contributed by atoms with van der Waals surface area (Å²) >= 11 is 0. The summed E-state index contributed by atoms with van der Waals surface area (Å²) in [6, 6.07) is 13.1. The van der Waals surface area contributed by atoms with Crippen LogP contribution < -0.4 is 10.5 Å². The molecule has 19 heavy (non-hydrogen) atoms. The Hall–Kier alpha value is -2.56. The molecule has 2 aromatic rings. The first-order chi connectivity index (χ1) is 9.20. The molecular formula is C14H15N3O2. The maximum absolute atomic E-state index is 8.64. The highest BCUT2D eigenvalue weighted by Crippen LogP contribution is 2.20. The second kappa shape index (κ2) is 5.86. The number of hydrogen-bond donors (Lipinski definition) is 2. The molecule has 0 aliphatic heterocycles. The number of aromatic nitrogens is 1.